The Hall–Kier alpha value is -0.770. The van der Waals surface area contributed by atoms with E-state index in [0.29, 0.717) is 12.1 Å². The summed E-state index contributed by atoms with van der Waals surface area (Å²) in [6, 6.07) is 1.11. The van der Waals surface area contributed by atoms with Crippen LogP contribution >= 0.6 is 0 Å². The minimum atomic E-state index is 0.0953. The molecular formula is C12H25N3O. The lowest BCUT2D eigenvalue weighted by Gasteiger charge is -2.30. The number of rotatable bonds is 4. The molecule has 1 fully saturated rings. The number of carbonyl (C=O) groups excluding carboxylic acids is 1. The second kappa shape index (κ2) is 6.74. The molecule has 0 radical (unpaired) electrons. The predicted molar refractivity (Wildman–Crippen MR) is 66.6 cm³/mol. The van der Waals surface area contributed by atoms with Gasteiger partial charge < -0.3 is 15.5 Å². The van der Waals surface area contributed by atoms with Crippen molar-refractivity contribution in [1.29, 1.82) is 0 Å². The summed E-state index contributed by atoms with van der Waals surface area (Å²) in [5.74, 6) is 0. The summed E-state index contributed by atoms with van der Waals surface area (Å²) in [5, 5.41) is 6.42. The van der Waals surface area contributed by atoms with Crippen LogP contribution < -0.4 is 10.6 Å². The third-order valence-corrected chi connectivity index (χ3v) is 3.51. The molecule has 1 saturated carbocycles. The van der Waals surface area contributed by atoms with Gasteiger partial charge in [-0.2, -0.15) is 0 Å². The predicted octanol–water partition coefficient (Wildman–Crippen LogP) is 1.57. The molecule has 0 saturated heterocycles. The molecule has 0 spiro atoms. The fourth-order valence-corrected chi connectivity index (χ4v) is 2.30. The Morgan fingerprint density at radius 1 is 1.12 bits per heavy atom. The van der Waals surface area contributed by atoms with Crippen molar-refractivity contribution in [1.82, 2.24) is 15.5 Å². The van der Waals surface area contributed by atoms with Crippen LogP contribution in [0.2, 0.25) is 0 Å². The normalized spacial score (nSPS) is 25.2. The quantitative estimate of drug-likeness (QED) is 0.765. The highest BCUT2D eigenvalue weighted by Crippen LogP contribution is 2.18. The van der Waals surface area contributed by atoms with E-state index in [-0.39, 0.29) is 6.03 Å². The molecule has 4 nitrogen and oxygen atoms in total. The number of hydrogen-bond acceptors (Lipinski definition) is 2. The van der Waals surface area contributed by atoms with Crippen molar-refractivity contribution in [3.8, 4) is 0 Å². The molecule has 0 atom stereocenters. The SMILES string of the molecule is CCN(CC)C(=O)NC1CCC(NC)CC1. The second-order valence-electron chi connectivity index (χ2n) is 4.46. The van der Waals surface area contributed by atoms with Gasteiger partial charge >= 0.3 is 6.03 Å². The van der Waals surface area contributed by atoms with E-state index in [0.717, 1.165) is 25.9 Å². The minimum absolute atomic E-state index is 0.0953. The molecule has 1 rings (SSSR count). The third-order valence-electron chi connectivity index (χ3n) is 3.51. The van der Waals surface area contributed by atoms with E-state index in [1.54, 1.807) is 0 Å². The van der Waals surface area contributed by atoms with E-state index in [1.165, 1.54) is 12.8 Å². The van der Waals surface area contributed by atoms with Crippen LogP contribution in [0.15, 0.2) is 0 Å². The topological polar surface area (TPSA) is 44.4 Å². The lowest BCUT2D eigenvalue weighted by atomic mass is 9.91. The number of nitrogens with zero attached hydrogens (tertiary/aromatic N) is 1. The molecule has 4 heteroatoms. The van der Waals surface area contributed by atoms with Crippen molar-refractivity contribution in [3.63, 3.8) is 0 Å². The molecule has 94 valence electrons. The van der Waals surface area contributed by atoms with Crippen LogP contribution in [0.25, 0.3) is 0 Å². The van der Waals surface area contributed by atoms with Crippen LogP contribution in [0.4, 0.5) is 4.79 Å². The first kappa shape index (κ1) is 13.3. The zero-order valence-electron chi connectivity index (χ0n) is 10.8. The average molecular weight is 227 g/mol. The van der Waals surface area contributed by atoms with Gasteiger partial charge in [-0.1, -0.05) is 0 Å². The Labute approximate surface area is 98.8 Å². The van der Waals surface area contributed by atoms with E-state index in [9.17, 15) is 4.79 Å². The third kappa shape index (κ3) is 3.67. The molecule has 0 aromatic heterocycles. The number of amides is 2. The van der Waals surface area contributed by atoms with Crippen molar-refractivity contribution >= 4 is 6.03 Å². The van der Waals surface area contributed by atoms with Crippen LogP contribution in [0.3, 0.4) is 0 Å². The van der Waals surface area contributed by atoms with E-state index < -0.39 is 0 Å². The molecule has 0 aromatic rings. The van der Waals surface area contributed by atoms with Gasteiger partial charge in [0.15, 0.2) is 0 Å². The highest BCUT2D eigenvalue weighted by atomic mass is 16.2. The standard InChI is InChI=1S/C12H25N3O/c1-4-15(5-2)12(16)14-11-8-6-10(13-3)7-9-11/h10-11,13H,4-9H2,1-3H3,(H,14,16). The molecule has 1 aliphatic rings. The number of hydrogen-bond donors (Lipinski definition) is 2. The molecule has 0 aromatic carbocycles. The molecule has 0 unspecified atom stereocenters. The van der Waals surface area contributed by atoms with Gasteiger partial charge in [0.25, 0.3) is 0 Å². The fraction of sp³-hybridized carbons (Fsp3) is 0.917. The van der Waals surface area contributed by atoms with Gasteiger partial charge in [0, 0.05) is 25.2 Å². The van der Waals surface area contributed by atoms with Crippen LogP contribution in [0.5, 0.6) is 0 Å². The van der Waals surface area contributed by atoms with Gasteiger partial charge in [-0.25, -0.2) is 4.79 Å². The molecule has 2 N–H and O–H groups in total. The molecule has 1 aliphatic carbocycles. The van der Waals surface area contributed by atoms with Crippen molar-refractivity contribution in [3.05, 3.63) is 0 Å². The summed E-state index contributed by atoms with van der Waals surface area (Å²) in [6.07, 6.45) is 4.52. The second-order valence-corrected chi connectivity index (χ2v) is 4.46. The van der Waals surface area contributed by atoms with E-state index in [2.05, 4.69) is 10.6 Å². The van der Waals surface area contributed by atoms with Crippen LogP contribution in [-0.2, 0) is 0 Å². The summed E-state index contributed by atoms with van der Waals surface area (Å²) in [7, 11) is 2.01. The Bertz CT molecular complexity index is 208. The van der Waals surface area contributed by atoms with Crippen LogP contribution in [0, 0.1) is 0 Å². The number of nitrogens with one attached hydrogen (secondary N) is 2. The summed E-state index contributed by atoms with van der Waals surface area (Å²) in [6.45, 7) is 5.60. The maximum absolute atomic E-state index is 11.8. The summed E-state index contributed by atoms with van der Waals surface area (Å²) < 4.78 is 0. The molecule has 2 amide bonds. The molecular weight excluding hydrogens is 202 g/mol. The van der Waals surface area contributed by atoms with Gasteiger partial charge in [0.2, 0.25) is 0 Å². The number of urea groups is 1. The van der Waals surface area contributed by atoms with Gasteiger partial charge in [-0.15, -0.1) is 0 Å². The lowest BCUT2D eigenvalue weighted by Crippen LogP contribution is -2.47. The summed E-state index contributed by atoms with van der Waals surface area (Å²) in [5.41, 5.74) is 0. The smallest absolute Gasteiger partial charge is 0.317 e. The van der Waals surface area contributed by atoms with Gasteiger partial charge in [0.1, 0.15) is 0 Å². The fourth-order valence-electron chi connectivity index (χ4n) is 2.30. The Morgan fingerprint density at radius 3 is 2.06 bits per heavy atom. The van der Waals surface area contributed by atoms with Crippen molar-refractivity contribution in [2.75, 3.05) is 20.1 Å². The van der Waals surface area contributed by atoms with E-state index >= 15 is 0 Å². The van der Waals surface area contributed by atoms with Crippen LogP contribution in [-0.4, -0.2) is 43.2 Å². The van der Waals surface area contributed by atoms with E-state index in [1.807, 2.05) is 25.8 Å². The summed E-state index contributed by atoms with van der Waals surface area (Å²) in [4.78, 5) is 13.7. The van der Waals surface area contributed by atoms with Gasteiger partial charge in [0.05, 0.1) is 0 Å². The maximum atomic E-state index is 11.8. The highest BCUT2D eigenvalue weighted by Gasteiger charge is 2.22. The Morgan fingerprint density at radius 2 is 1.62 bits per heavy atom. The number of carbonyl (C=O) groups is 1. The largest absolute Gasteiger partial charge is 0.335 e. The molecule has 0 aliphatic heterocycles. The Balaban J connectivity index is 2.30. The minimum Gasteiger partial charge on any atom is -0.335 e. The van der Waals surface area contributed by atoms with Crippen molar-refractivity contribution in [2.45, 2.75) is 51.6 Å². The van der Waals surface area contributed by atoms with Gasteiger partial charge in [-0.3, -0.25) is 0 Å². The van der Waals surface area contributed by atoms with Gasteiger partial charge in [-0.05, 0) is 46.6 Å². The summed E-state index contributed by atoms with van der Waals surface area (Å²) >= 11 is 0. The lowest BCUT2D eigenvalue weighted by molar-refractivity contribution is 0.193. The zero-order valence-corrected chi connectivity index (χ0v) is 10.8. The average Bonchev–Trinajstić information content (AvgIpc) is 2.31. The van der Waals surface area contributed by atoms with Crippen molar-refractivity contribution < 1.29 is 4.79 Å². The Kier molecular flexibility index (Phi) is 5.60. The van der Waals surface area contributed by atoms with Crippen LogP contribution in [0.1, 0.15) is 39.5 Å². The van der Waals surface area contributed by atoms with Crippen molar-refractivity contribution in [2.24, 2.45) is 0 Å². The molecule has 16 heavy (non-hydrogen) atoms. The zero-order chi connectivity index (χ0) is 12.0. The first-order valence-corrected chi connectivity index (χ1v) is 6.43. The maximum Gasteiger partial charge on any atom is 0.317 e. The van der Waals surface area contributed by atoms with E-state index in [4.69, 9.17) is 0 Å². The molecule has 0 bridgehead atoms. The first-order valence-electron chi connectivity index (χ1n) is 6.43. The first-order chi connectivity index (χ1) is 7.71. The molecule has 0 heterocycles. The monoisotopic (exact) mass is 227 g/mol. The highest BCUT2D eigenvalue weighted by molar-refractivity contribution is 5.74.